The van der Waals surface area contributed by atoms with E-state index < -0.39 is 0 Å². The minimum atomic E-state index is 0.378. The maximum absolute atomic E-state index is 3.60. The summed E-state index contributed by atoms with van der Waals surface area (Å²) in [6.07, 6.45) is 0. The molecule has 0 fully saturated rings. The average molecular weight is 253 g/mol. The monoisotopic (exact) mass is 253 g/mol. The van der Waals surface area contributed by atoms with E-state index in [9.17, 15) is 0 Å². The molecule has 19 heavy (non-hydrogen) atoms. The Bertz CT molecular complexity index is 557. The van der Waals surface area contributed by atoms with Gasteiger partial charge in [-0.3, -0.25) is 0 Å². The first kappa shape index (κ1) is 13.8. The molecule has 0 aliphatic rings. The van der Waals surface area contributed by atoms with Crippen molar-refractivity contribution in [3.63, 3.8) is 0 Å². The molecule has 0 aliphatic heterocycles. The van der Waals surface area contributed by atoms with Crippen molar-refractivity contribution in [1.29, 1.82) is 0 Å². The van der Waals surface area contributed by atoms with Crippen LogP contribution < -0.4 is 5.32 Å². The van der Waals surface area contributed by atoms with E-state index in [0.29, 0.717) is 6.04 Å². The fourth-order valence-corrected chi connectivity index (χ4v) is 2.37. The predicted octanol–water partition coefficient (Wildman–Crippen LogP) is 4.46. The van der Waals surface area contributed by atoms with Crippen LogP contribution >= 0.6 is 0 Å². The Morgan fingerprint density at radius 3 is 2.32 bits per heavy atom. The van der Waals surface area contributed by atoms with E-state index in [1.807, 2.05) is 0 Å². The molecule has 1 atom stereocenters. The van der Waals surface area contributed by atoms with Crippen molar-refractivity contribution in [2.45, 2.75) is 40.3 Å². The van der Waals surface area contributed by atoms with Gasteiger partial charge in [0.15, 0.2) is 0 Å². The third-order valence-electron chi connectivity index (χ3n) is 3.84. The van der Waals surface area contributed by atoms with Crippen LogP contribution in [0, 0.1) is 20.8 Å². The Morgan fingerprint density at radius 2 is 1.63 bits per heavy atom. The van der Waals surface area contributed by atoms with Crippen LogP contribution in [0.15, 0.2) is 42.5 Å². The lowest BCUT2D eigenvalue weighted by Crippen LogP contribution is -2.18. The highest BCUT2D eigenvalue weighted by molar-refractivity contribution is 5.31. The van der Waals surface area contributed by atoms with Crippen LogP contribution in [-0.2, 0) is 6.54 Å². The molecular weight excluding hydrogens is 230 g/mol. The second kappa shape index (κ2) is 6.03. The maximum atomic E-state index is 3.60. The van der Waals surface area contributed by atoms with Gasteiger partial charge in [-0.05, 0) is 55.5 Å². The van der Waals surface area contributed by atoms with Crippen LogP contribution in [0.2, 0.25) is 0 Å². The summed E-state index contributed by atoms with van der Waals surface area (Å²) in [5.41, 5.74) is 6.80. The molecule has 0 bridgehead atoms. The summed E-state index contributed by atoms with van der Waals surface area (Å²) in [5, 5.41) is 3.60. The normalized spacial score (nSPS) is 12.4. The van der Waals surface area contributed by atoms with E-state index in [2.05, 4.69) is 75.5 Å². The van der Waals surface area contributed by atoms with Gasteiger partial charge in [0.25, 0.3) is 0 Å². The van der Waals surface area contributed by atoms with Crippen molar-refractivity contribution in [2.75, 3.05) is 0 Å². The molecule has 100 valence electrons. The van der Waals surface area contributed by atoms with Crippen molar-refractivity contribution < 1.29 is 0 Å². The number of aryl methyl sites for hydroxylation is 3. The Balaban J connectivity index is 2.02. The summed E-state index contributed by atoms with van der Waals surface area (Å²) in [4.78, 5) is 0. The fraction of sp³-hybridized carbons (Fsp3) is 0.333. The fourth-order valence-electron chi connectivity index (χ4n) is 2.37. The van der Waals surface area contributed by atoms with Gasteiger partial charge in [0.05, 0.1) is 0 Å². The molecule has 0 aliphatic carbocycles. The topological polar surface area (TPSA) is 12.0 Å². The van der Waals surface area contributed by atoms with Crippen LogP contribution in [0.25, 0.3) is 0 Å². The van der Waals surface area contributed by atoms with Gasteiger partial charge in [-0.1, -0.05) is 42.5 Å². The van der Waals surface area contributed by atoms with Crippen LogP contribution in [-0.4, -0.2) is 0 Å². The van der Waals surface area contributed by atoms with E-state index in [-0.39, 0.29) is 0 Å². The van der Waals surface area contributed by atoms with Gasteiger partial charge in [-0.2, -0.15) is 0 Å². The Morgan fingerprint density at radius 1 is 0.895 bits per heavy atom. The first-order valence-electron chi connectivity index (χ1n) is 6.93. The van der Waals surface area contributed by atoms with Crippen LogP contribution in [0.3, 0.4) is 0 Å². The lowest BCUT2D eigenvalue weighted by atomic mass is 10.0. The number of benzene rings is 2. The molecule has 0 radical (unpaired) electrons. The van der Waals surface area contributed by atoms with Gasteiger partial charge in [-0.25, -0.2) is 0 Å². The van der Waals surface area contributed by atoms with Crippen molar-refractivity contribution in [2.24, 2.45) is 0 Å². The zero-order valence-electron chi connectivity index (χ0n) is 12.3. The summed E-state index contributed by atoms with van der Waals surface area (Å²) in [5.74, 6) is 0. The largest absolute Gasteiger partial charge is 0.306 e. The first-order valence-corrected chi connectivity index (χ1v) is 6.93. The van der Waals surface area contributed by atoms with E-state index in [1.165, 1.54) is 27.8 Å². The number of rotatable bonds is 4. The number of hydrogen-bond donors (Lipinski definition) is 1. The predicted molar refractivity (Wildman–Crippen MR) is 82.3 cm³/mol. The summed E-state index contributed by atoms with van der Waals surface area (Å²) < 4.78 is 0. The van der Waals surface area contributed by atoms with Crippen molar-refractivity contribution in [3.8, 4) is 0 Å². The standard InChI is InChI=1S/C18H23N/c1-13-9-10-17(11-15(13)3)12-19-16(4)18-8-6-5-7-14(18)2/h5-11,16,19H,12H2,1-4H3. The average Bonchev–Trinajstić information content (AvgIpc) is 2.40. The molecule has 0 spiro atoms. The smallest absolute Gasteiger partial charge is 0.0297 e. The van der Waals surface area contributed by atoms with Gasteiger partial charge >= 0.3 is 0 Å². The second-order valence-corrected chi connectivity index (χ2v) is 5.38. The van der Waals surface area contributed by atoms with E-state index in [0.717, 1.165) is 6.54 Å². The molecule has 0 saturated carbocycles. The number of nitrogens with one attached hydrogen (secondary N) is 1. The molecule has 0 saturated heterocycles. The highest BCUT2D eigenvalue weighted by Gasteiger charge is 2.07. The highest BCUT2D eigenvalue weighted by atomic mass is 14.9. The van der Waals surface area contributed by atoms with Crippen molar-refractivity contribution in [1.82, 2.24) is 5.32 Å². The quantitative estimate of drug-likeness (QED) is 0.848. The van der Waals surface area contributed by atoms with Gasteiger partial charge < -0.3 is 5.32 Å². The molecule has 0 aromatic heterocycles. The minimum absolute atomic E-state index is 0.378. The van der Waals surface area contributed by atoms with Crippen LogP contribution in [0.1, 0.15) is 40.8 Å². The molecule has 1 nitrogen and oxygen atoms in total. The lowest BCUT2D eigenvalue weighted by molar-refractivity contribution is 0.572. The molecular formula is C18H23N. The summed E-state index contributed by atoms with van der Waals surface area (Å²) in [7, 11) is 0. The van der Waals surface area contributed by atoms with Gasteiger partial charge in [0.2, 0.25) is 0 Å². The first-order chi connectivity index (χ1) is 9.08. The minimum Gasteiger partial charge on any atom is -0.306 e. The molecule has 1 unspecified atom stereocenters. The van der Waals surface area contributed by atoms with E-state index in [1.54, 1.807) is 0 Å². The molecule has 0 amide bonds. The molecule has 0 heterocycles. The third-order valence-corrected chi connectivity index (χ3v) is 3.84. The Hall–Kier alpha value is -1.60. The zero-order chi connectivity index (χ0) is 13.8. The Labute approximate surface area is 116 Å². The Kier molecular flexibility index (Phi) is 4.39. The molecule has 2 aromatic rings. The molecule has 2 rings (SSSR count). The zero-order valence-corrected chi connectivity index (χ0v) is 12.3. The van der Waals surface area contributed by atoms with E-state index in [4.69, 9.17) is 0 Å². The van der Waals surface area contributed by atoms with E-state index >= 15 is 0 Å². The molecule has 1 N–H and O–H groups in total. The third kappa shape index (κ3) is 3.45. The number of hydrogen-bond acceptors (Lipinski definition) is 1. The highest BCUT2D eigenvalue weighted by Crippen LogP contribution is 2.17. The van der Waals surface area contributed by atoms with Crippen LogP contribution in [0.5, 0.6) is 0 Å². The SMILES string of the molecule is Cc1ccc(CNC(C)c2ccccc2C)cc1C. The van der Waals surface area contributed by atoms with Crippen molar-refractivity contribution >= 4 is 0 Å². The molecule has 2 aromatic carbocycles. The van der Waals surface area contributed by atoms with Gasteiger partial charge in [0.1, 0.15) is 0 Å². The maximum Gasteiger partial charge on any atom is 0.0297 e. The van der Waals surface area contributed by atoms with Crippen molar-refractivity contribution in [3.05, 3.63) is 70.3 Å². The second-order valence-electron chi connectivity index (χ2n) is 5.38. The summed E-state index contributed by atoms with van der Waals surface area (Å²) in [6, 6.07) is 15.6. The van der Waals surface area contributed by atoms with Gasteiger partial charge in [0, 0.05) is 12.6 Å². The summed E-state index contributed by atoms with van der Waals surface area (Å²) in [6.45, 7) is 9.63. The van der Waals surface area contributed by atoms with Gasteiger partial charge in [-0.15, -0.1) is 0 Å². The summed E-state index contributed by atoms with van der Waals surface area (Å²) >= 11 is 0. The van der Waals surface area contributed by atoms with Crippen LogP contribution in [0.4, 0.5) is 0 Å². The lowest BCUT2D eigenvalue weighted by Gasteiger charge is -2.17. The molecule has 1 heteroatoms.